The van der Waals surface area contributed by atoms with Crippen LogP contribution in [0.4, 0.5) is 5.82 Å². The quantitative estimate of drug-likeness (QED) is 0.313. The van der Waals surface area contributed by atoms with Crippen molar-refractivity contribution in [2.45, 2.75) is 45.7 Å². The average Bonchev–Trinajstić information content (AvgIpc) is 3.42. The van der Waals surface area contributed by atoms with Crippen LogP contribution in [0.15, 0.2) is 64.2 Å². The molecule has 196 valence electrons. The minimum absolute atomic E-state index is 0.159. The monoisotopic (exact) mass is 516 g/mol. The van der Waals surface area contributed by atoms with Crippen molar-refractivity contribution in [3.05, 3.63) is 82.9 Å². The van der Waals surface area contributed by atoms with E-state index in [0.717, 1.165) is 0 Å². The van der Waals surface area contributed by atoms with E-state index in [1.807, 2.05) is 6.07 Å². The molecule has 3 aromatic heterocycles. The van der Waals surface area contributed by atoms with Crippen LogP contribution in [0.5, 0.6) is 0 Å². The van der Waals surface area contributed by atoms with Crippen molar-refractivity contribution in [3.8, 4) is 11.3 Å². The number of aromatic nitrogens is 6. The summed E-state index contributed by atoms with van der Waals surface area (Å²) in [5.74, 6) is -1.32. The summed E-state index contributed by atoms with van der Waals surface area (Å²) in [7, 11) is 0. The molecule has 0 spiro atoms. The maximum atomic E-state index is 13.3. The fourth-order valence-corrected chi connectivity index (χ4v) is 3.82. The number of hydrogen-bond acceptors (Lipinski definition) is 10. The van der Waals surface area contributed by atoms with Crippen molar-refractivity contribution in [3.63, 3.8) is 0 Å². The van der Waals surface area contributed by atoms with Crippen LogP contribution in [0.25, 0.3) is 11.3 Å². The maximum Gasteiger partial charge on any atom is 0.294 e. The van der Waals surface area contributed by atoms with Crippen LogP contribution in [0.3, 0.4) is 0 Å². The summed E-state index contributed by atoms with van der Waals surface area (Å²) in [6.07, 6.45) is 4.63. The van der Waals surface area contributed by atoms with Crippen molar-refractivity contribution in [2.24, 2.45) is 5.92 Å². The van der Waals surface area contributed by atoms with Crippen LogP contribution >= 0.6 is 0 Å². The molecule has 1 atom stereocenters. The first kappa shape index (κ1) is 26.3. The van der Waals surface area contributed by atoms with Crippen LogP contribution < -0.4 is 16.6 Å². The summed E-state index contributed by atoms with van der Waals surface area (Å²) in [5.41, 5.74) is 5.37. The molecule has 1 aromatic carbocycles. The molecule has 38 heavy (non-hydrogen) atoms. The van der Waals surface area contributed by atoms with Gasteiger partial charge in [-0.05, 0) is 31.4 Å². The summed E-state index contributed by atoms with van der Waals surface area (Å²) in [4.78, 5) is 51.6. The normalized spacial score (nSPS) is 12.3. The lowest BCUT2D eigenvalue weighted by atomic mass is 9.92. The van der Waals surface area contributed by atoms with E-state index in [2.05, 4.69) is 30.5 Å². The Kier molecular flexibility index (Phi) is 7.42. The number of Topliss-reactive ketones (excluding diaryl/α,β-unsaturated/α-hetero) is 1. The third-order valence-corrected chi connectivity index (χ3v) is 6.01. The second-order valence-corrected chi connectivity index (χ2v) is 9.55. The number of anilines is 1. The molecule has 0 unspecified atom stereocenters. The lowest BCUT2D eigenvalue weighted by molar-refractivity contribution is -0.122. The molecule has 4 rings (SSSR count). The number of carbonyl (C=O) groups excluding carboxylic acids is 2. The van der Waals surface area contributed by atoms with Gasteiger partial charge in [0, 0.05) is 12.4 Å². The summed E-state index contributed by atoms with van der Waals surface area (Å²) in [5, 5.41) is 10.7. The minimum Gasteiger partial charge on any atom is -0.417 e. The number of carbonyl (C=O) groups is 2. The number of ketones is 1. The van der Waals surface area contributed by atoms with Gasteiger partial charge in [-0.3, -0.25) is 19.0 Å². The Morgan fingerprint density at radius 1 is 1.05 bits per heavy atom. The van der Waals surface area contributed by atoms with Gasteiger partial charge in [-0.15, -0.1) is 10.2 Å². The highest BCUT2D eigenvalue weighted by molar-refractivity contribution is 5.98. The van der Waals surface area contributed by atoms with Crippen molar-refractivity contribution in [1.29, 1.82) is 0 Å². The Hall–Kier alpha value is -4.74. The van der Waals surface area contributed by atoms with Gasteiger partial charge in [-0.25, -0.2) is 15.0 Å². The van der Waals surface area contributed by atoms with E-state index in [0.29, 0.717) is 17.1 Å². The van der Waals surface area contributed by atoms with Crippen molar-refractivity contribution in [1.82, 2.24) is 35.0 Å². The number of nitrogens with one attached hydrogen (secondary N) is 1. The predicted octanol–water partition coefficient (Wildman–Crippen LogP) is 2.02. The molecule has 3 heterocycles. The number of hydrogen-bond donors (Lipinski definition) is 2. The van der Waals surface area contributed by atoms with Gasteiger partial charge in [0.25, 0.3) is 11.4 Å². The molecule has 0 saturated heterocycles. The van der Waals surface area contributed by atoms with E-state index in [4.69, 9.17) is 10.2 Å². The number of rotatable bonds is 9. The van der Waals surface area contributed by atoms with E-state index in [9.17, 15) is 14.4 Å². The van der Waals surface area contributed by atoms with Gasteiger partial charge in [0.15, 0.2) is 5.82 Å². The van der Waals surface area contributed by atoms with Gasteiger partial charge in [-0.1, -0.05) is 44.2 Å². The van der Waals surface area contributed by atoms with Crippen LogP contribution in [-0.2, 0) is 16.8 Å². The van der Waals surface area contributed by atoms with E-state index < -0.39 is 28.7 Å². The Morgan fingerprint density at radius 3 is 2.39 bits per heavy atom. The lowest BCUT2D eigenvalue weighted by Gasteiger charge is -2.21. The molecule has 0 aliphatic rings. The van der Waals surface area contributed by atoms with Gasteiger partial charge in [0.2, 0.25) is 17.6 Å². The van der Waals surface area contributed by atoms with Crippen LogP contribution in [0, 0.1) is 5.92 Å². The highest BCUT2D eigenvalue weighted by atomic mass is 16.4. The van der Waals surface area contributed by atoms with Crippen LogP contribution in [0.1, 0.15) is 50.1 Å². The zero-order valence-electron chi connectivity index (χ0n) is 21.5. The highest BCUT2D eigenvalue weighted by Crippen LogP contribution is 2.27. The summed E-state index contributed by atoms with van der Waals surface area (Å²) >= 11 is 0. The van der Waals surface area contributed by atoms with E-state index >= 15 is 0 Å². The molecular formula is C26H28N8O4. The van der Waals surface area contributed by atoms with Gasteiger partial charge < -0.3 is 15.5 Å². The number of nitrogens with two attached hydrogens (primary N) is 1. The van der Waals surface area contributed by atoms with Gasteiger partial charge in [0.05, 0.1) is 17.9 Å². The molecular weight excluding hydrogens is 488 g/mol. The molecule has 4 aromatic rings. The van der Waals surface area contributed by atoms with Gasteiger partial charge in [-0.2, -0.15) is 0 Å². The topological polar surface area (TPSA) is 172 Å². The van der Waals surface area contributed by atoms with Crippen LogP contribution in [0.2, 0.25) is 0 Å². The third-order valence-electron chi connectivity index (χ3n) is 6.01. The summed E-state index contributed by atoms with van der Waals surface area (Å²) in [6, 6.07) is 9.72. The Bertz CT molecular complexity index is 1500. The fourth-order valence-electron chi connectivity index (χ4n) is 3.82. The predicted molar refractivity (Wildman–Crippen MR) is 138 cm³/mol. The van der Waals surface area contributed by atoms with Gasteiger partial charge >= 0.3 is 0 Å². The van der Waals surface area contributed by atoms with Crippen molar-refractivity contribution in [2.75, 3.05) is 5.73 Å². The number of nitrogens with zero attached hydrogens (tertiary/aromatic N) is 6. The Labute approximate surface area is 218 Å². The lowest BCUT2D eigenvalue weighted by Crippen LogP contribution is -2.46. The SMILES string of the molecule is CC(C)[C@@H](NC(=O)Cn1c(-c2ccccc2)cnc(N)c1=O)C(=O)c1nnc(C(C)(C)c2ncccn2)o1. The Morgan fingerprint density at radius 2 is 1.74 bits per heavy atom. The Balaban J connectivity index is 1.56. The number of amides is 1. The van der Waals surface area contributed by atoms with Crippen molar-refractivity contribution < 1.29 is 14.0 Å². The maximum absolute atomic E-state index is 13.3. The molecule has 1 amide bonds. The minimum atomic E-state index is -0.984. The first-order valence-electron chi connectivity index (χ1n) is 12.0. The first-order valence-corrected chi connectivity index (χ1v) is 12.0. The zero-order valence-corrected chi connectivity index (χ0v) is 21.5. The first-order chi connectivity index (χ1) is 18.1. The molecule has 0 fully saturated rings. The standard InChI is InChI=1S/C26H28N8O4/c1-15(2)19(20(36)22-32-33-25(38-22)26(3,4)24-28-11-8-12-29-24)31-18(35)14-34-17(13-30-21(27)23(34)37)16-9-6-5-7-10-16/h5-13,15,19H,14H2,1-4H3,(H2,27,30)(H,31,35)/t19-/m1/s1. The average molecular weight is 517 g/mol. The smallest absolute Gasteiger partial charge is 0.294 e. The zero-order chi connectivity index (χ0) is 27.4. The second-order valence-electron chi connectivity index (χ2n) is 9.55. The third kappa shape index (κ3) is 5.33. The largest absolute Gasteiger partial charge is 0.417 e. The van der Waals surface area contributed by atoms with E-state index in [1.165, 1.54) is 10.8 Å². The fraction of sp³-hybridized carbons (Fsp3) is 0.308. The number of benzene rings is 1. The second kappa shape index (κ2) is 10.7. The summed E-state index contributed by atoms with van der Waals surface area (Å²) < 4.78 is 6.95. The van der Waals surface area contributed by atoms with E-state index in [1.54, 1.807) is 70.4 Å². The number of nitrogen functional groups attached to an aromatic ring is 1. The molecule has 12 heteroatoms. The molecule has 0 saturated carbocycles. The molecule has 0 aliphatic carbocycles. The molecule has 0 bridgehead atoms. The molecule has 0 radical (unpaired) electrons. The highest BCUT2D eigenvalue weighted by Gasteiger charge is 2.35. The molecule has 12 nitrogen and oxygen atoms in total. The van der Waals surface area contributed by atoms with Gasteiger partial charge in [0.1, 0.15) is 17.8 Å². The summed E-state index contributed by atoms with van der Waals surface area (Å²) in [6.45, 7) is 6.77. The van der Waals surface area contributed by atoms with Crippen LogP contribution in [-0.4, -0.2) is 47.4 Å². The van der Waals surface area contributed by atoms with Crippen molar-refractivity contribution >= 4 is 17.5 Å². The molecule has 0 aliphatic heterocycles. The van der Waals surface area contributed by atoms with E-state index in [-0.39, 0.29) is 30.1 Å². The molecule has 3 N–H and O–H groups in total.